The highest BCUT2D eigenvalue weighted by Gasteiger charge is 2.38. The molecule has 2 atom stereocenters. The number of carbonyl (C=O) groups excluding carboxylic acids is 3. The number of nitrogens with one attached hydrogen (secondary N) is 1. The van der Waals surface area contributed by atoms with Crippen molar-refractivity contribution in [2.75, 3.05) is 22.9 Å². The van der Waals surface area contributed by atoms with E-state index in [1.165, 1.54) is 0 Å². The third-order valence-electron chi connectivity index (χ3n) is 6.62. The van der Waals surface area contributed by atoms with Crippen LogP contribution in [-0.4, -0.2) is 30.8 Å². The van der Waals surface area contributed by atoms with Crippen LogP contribution in [0.25, 0.3) is 0 Å². The van der Waals surface area contributed by atoms with E-state index in [1.54, 1.807) is 4.90 Å². The molecule has 1 aliphatic carbocycles. The molecule has 2 fully saturated rings. The van der Waals surface area contributed by atoms with Crippen LogP contribution in [0.5, 0.6) is 0 Å². The van der Waals surface area contributed by atoms with Crippen molar-refractivity contribution in [1.82, 2.24) is 5.32 Å². The van der Waals surface area contributed by atoms with E-state index in [1.807, 2.05) is 60.4 Å². The van der Waals surface area contributed by atoms with Crippen LogP contribution >= 0.6 is 0 Å². The molecule has 0 aromatic heterocycles. The van der Waals surface area contributed by atoms with Gasteiger partial charge in [0.1, 0.15) is 0 Å². The Balaban J connectivity index is 1.26. The SMILES string of the molecule is C[C@H](NC(=O)[C@H]1CC(=O)N(c2ccc3c(c2)CCN3C(=O)C2CC2)C1)c1ccccc1. The van der Waals surface area contributed by atoms with Crippen LogP contribution in [0.2, 0.25) is 0 Å². The zero-order valence-corrected chi connectivity index (χ0v) is 17.7. The molecule has 1 saturated heterocycles. The van der Waals surface area contributed by atoms with Gasteiger partial charge in [0.05, 0.1) is 12.0 Å². The van der Waals surface area contributed by atoms with Gasteiger partial charge in [-0.25, -0.2) is 0 Å². The summed E-state index contributed by atoms with van der Waals surface area (Å²) in [7, 11) is 0. The molecule has 160 valence electrons. The first-order chi connectivity index (χ1) is 15.0. The van der Waals surface area contributed by atoms with Gasteiger partial charge in [-0.15, -0.1) is 0 Å². The summed E-state index contributed by atoms with van der Waals surface area (Å²) in [5.41, 5.74) is 3.93. The van der Waals surface area contributed by atoms with E-state index >= 15 is 0 Å². The number of carbonyl (C=O) groups is 3. The fourth-order valence-electron chi connectivity index (χ4n) is 4.62. The normalized spacial score (nSPS) is 21.2. The van der Waals surface area contributed by atoms with Gasteiger partial charge < -0.3 is 15.1 Å². The summed E-state index contributed by atoms with van der Waals surface area (Å²) in [4.78, 5) is 41.6. The van der Waals surface area contributed by atoms with Crippen molar-refractivity contribution in [3.8, 4) is 0 Å². The standard InChI is InChI=1S/C25H27N3O3/c1-16(17-5-3-2-4-6-17)26-24(30)20-14-23(29)28(15-20)21-9-10-22-19(13-21)11-12-27(22)25(31)18-7-8-18/h2-6,9-10,13,16,18,20H,7-8,11-12,14-15H2,1H3,(H,26,30)/t16-,20-/m0/s1. The number of amides is 3. The molecule has 5 rings (SSSR count). The monoisotopic (exact) mass is 417 g/mol. The van der Waals surface area contributed by atoms with Crippen molar-refractivity contribution < 1.29 is 14.4 Å². The predicted molar refractivity (Wildman–Crippen MR) is 119 cm³/mol. The van der Waals surface area contributed by atoms with Gasteiger partial charge in [-0.1, -0.05) is 30.3 Å². The third-order valence-corrected chi connectivity index (χ3v) is 6.62. The Bertz CT molecular complexity index is 1030. The molecular weight excluding hydrogens is 390 g/mol. The van der Waals surface area contributed by atoms with Gasteiger partial charge in [0.25, 0.3) is 0 Å². The van der Waals surface area contributed by atoms with E-state index in [0.717, 1.165) is 41.8 Å². The number of rotatable bonds is 5. The van der Waals surface area contributed by atoms with Gasteiger partial charge in [-0.3, -0.25) is 14.4 Å². The zero-order chi connectivity index (χ0) is 21.5. The summed E-state index contributed by atoms with van der Waals surface area (Å²) < 4.78 is 0. The molecule has 0 bridgehead atoms. The van der Waals surface area contributed by atoms with Gasteiger partial charge in [-0.05, 0) is 55.5 Å². The topological polar surface area (TPSA) is 69.7 Å². The van der Waals surface area contributed by atoms with E-state index in [9.17, 15) is 14.4 Å². The maximum Gasteiger partial charge on any atom is 0.230 e. The molecule has 0 radical (unpaired) electrons. The number of benzene rings is 2. The Morgan fingerprint density at radius 1 is 1.06 bits per heavy atom. The lowest BCUT2D eigenvalue weighted by molar-refractivity contribution is -0.126. The van der Waals surface area contributed by atoms with Crippen molar-refractivity contribution in [2.45, 2.75) is 38.6 Å². The van der Waals surface area contributed by atoms with Crippen molar-refractivity contribution in [3.05, 3.63) is 59.7 Å². The molecule has 6 nitrogen and oxygen atoms in total. The summed E-state index contributed by atoms with van der Waals surface area (Å²) in [5.74, 6) is -0.0536. The minimum Gasteiger partial charge on any atom is -0.349 e. The minimum atomic E-state index is -0.361. The maximum atomic E-state index is 12.8. The summed E-state index contributed by atoms with van der Waals surface area (Å²) in [5, 5.41) is 3.05. The third kappa shape index (κ3) is 3.82. The lowest BCUT2D eigenvalue weighted by Crippen LogP contribution is -2.34. The molecular formula is C25H27N3O3. The molecule has 2 aromatic carbocycles. The first-order valence-corrected chi connectivity index (χ1v) is 11.1. The predicted octanol–water partition coefficient (Wildman–Crippen LogP) is 3.22. The average molecular weight is 418 g/mol. The first kappa shape index (κ1) is 19.8. The minimum absolute atomic E-state index is 0.0311. The molecule has 3 amide bonds. The fourth-order valence-corrected chi connectivity index (χ4v) is 4.62. The second-order valence-electron chi connectivity index (χ2n) is 8.87. The fraction of sp³-hybridized carbons (Fsp3) is 0.400. The molecule has 2 heterocycles. The Morgan fingerprint density at radius 2 is 1.84 bits per heavy atom. The van der Waals surface area contributed by atoms with Gasteiger partial charge in [0, 0.05) is 36.8 Å². The van der Waals surface area contributed by atoms with Crippen LogP contribution in [0.4, 0.5) is 11.4 Å². The second kappa shape index (κ2) is 7.84. The molecule has 0 unspecified atom stereocenters. The van der Waals surface area contributed by atoms with Gasteiger partial charge in [0.2, 0.25) is 17.7 Å². The average Bonchev–Trinajstić information content (AvgIpc) is 3.44. The van der Waals surface area contributed by atoms with Crippen LogP contribution in [0.3, 0.4) is 0 Å². The molecule has 2 aliphatic heterocycles. The Labute approximate surface area is 182 Å². The van der Waals surface area contributed by atoms with Crippen molar-refractivity contribution >= 4 is 29.1 Å². The van der Waals surface area contributed by atoms with E-state index in [4.69, 9.17) is 0 Å². The van der Waals surface area contributed by atoms with E-state index in [0.29, 0.717) is 13.1 Å². The highest BCUT2D eigenvalue weighted by molar-refractivity contribution is 6.02. The maximum absolute atomic E-state index is 12.8. The van der Waals surface area contributed by atoms with Crippen molar-refractivity contribution in [2.24, 2.45) is 11.8 Å². The zero-order valence-electron chi connectivity index (χ0n) is 17.7. The number of anilines is 2. The first-order valence-electron chi connectivity index (χ1n) is 11.1. The molecule has 31 heavy (non-hydrogen) atoms. The Morgan fingerprint density at radius 3 is 2.58 bits per heavy atom. The summed E-state index contributed by atoms with van der Waals surface area (Å²) in [6.07, 6.45) is 3.02. The highest BCUT2D eigenvalue weighted by Crippen LogP contribution is 2.38. The smallest absolute Gasteiger partial charge is 0.230 e. The van der Waals surface area contributed by atoms with Gasteiger partial charge in [-0.2, -0.15) is 0 Å². The van der Waals surface area contributed by atoms with E-state index in [2.05, 4.69) is 5.32 Å². The lowest BCUT2D eigenvalue weighted by atomic mass is 10.1. The molecule has 0 spiro atoms. The Hall–Kier alpha value is -3.15. The van der Waals surface area contributed by atoms with Crippen LogP contribution in [0.15, 0.2) is 48.5 Å². The van der Waals surface area contributed by atoms with Crippen molar-refractivity contribution in [1.29, 1.82) is 0 Å². The molecule has 3 aliphatic rings. The van der Waals surface area contributed by atoms with Crippen LogP contribution in [0, 0.1) is 11.8 Å². The molecule has 2 aromatic rings. The highest BCUT2D eigenvalue weighted by atomic mass is 16.2. The largest absolute Gasteiger partial charge is 0.349 e. The van der Waals surface area contributed by atoms with Crippen LogP contribution in [0.1, 0.15) is 43.4 Å². The van der Waals surface area contributed by atoms with E-state index in [-0.39, 0.29) is 42.0 Å². The summed E-state index contributed by atoms with van der Waals surface area (Å²) in [6.45, 7) is 3.05. The Kier molecular flexibility index (Phi) is 5.00. The summed E-state index contributed by atoms with van der Waals surface area (Å²) in [6, 6.07) is 15.6. The molecule has 1 saturated carbocycles. The summed E-state index contributed by atoms with van der Waals surface area (Å²) >= 11 is 0. The van der Waals surface area contributed by atoms with Gasteiger partial charge >= 0.3 is 0 Å². The molecule has 1 N–H and O–H groups in total. The quantitative estimate of drug-likeness (QED) is 0.812. The molecule has 6 heteroatoms. The van der Waals surface area contributed by atoms with Crippen LogP contribution in [-0.2, 0) is 20.8 Å². The van der Waals surface area contributed by atoms with E-state index < -0.39 is 0 Å². The number of nitrogens with zero attached hydrogens (tertiary/aromatic N) is 2. The second-order valence-corrected chi connectivity index (χ2v) is 8.87. The van der Waals surface area contributed by atoms with Crippen molar-refractivity contribution in [3.63, 3.8) is 0 Å². The van der Waals surface area contributed by atoms with Gasteiger partial charge in [0.15, 0.2) is 0 Å². The lowest BCUT2D eigenvalue weighted by Gasteiger charge is -2.21. The number of fused-ring (bicyclic) bond motifs is 1. The number of hydrogen-bond acceptors (Lipinski definition) is 3. The number of hydrogen-bond donors (Lipinski definition) is 1. The van der Waals surface area contributed by atoms with Crippen LogP contribution < -0.4 is 15.1 Å².